The molecule has 122 valence electrons. The van der Waals surface area contributed by atoms with E-state index in [0.29, 0.717) is 12.8 Å². The molecule has 0 aromatic heterocycles. The summed E-state index contributed by atoms with van der Waals surface area (Å²) in [6.45, 7) is 0.274. The van der Waals surface area contributed by atoms with E-state index in [9.17, 15) is 19.5 Å². The zero-order chi connectivity index (χ0) is 17.1. The summed E-state index contributed by atoms with van der Waals surface area (Å²) in [4.78, 5) is 36.4. The number of carboxylic acid groups (broad SMARTS) is 1. The molecule has 0 fully saturated rings. The number of amides is 1. The fraction of sp³-hybridized carbons (Fsp3) is 0.211. The highest BCUT2D eigenvalue weighted by molar-refractivity contribution is 6.14. The Balaban J connectivity index is 1.97. The van der Waals surface area contributed by atoms with Gasteiger partial charge in [0.25, 0.3) is 5.91 Å². The third-order valence-electron chi connectivity index (χ3n) is 4.17. The molecule has 0 unspecified atom stereocenters. The predicted molar refractivity (Wildman–Crippen MR) is 88.3 cm³/mol. The van der Waals surface area contributed by atoms with Gasteiger partial charge in [0, 0.05) is 18.5 Å². The lowest BCUT2D eigenvalue weighted by Crippen LogP contribution is -2.29. The van der Waals surface area contributed by atoms with E-state index < -0.39 is 11.9 Å². The van der Waals surface area contributed by atoms with Crippen LogP contribution in [0.3, 0.4) is 0 Å². The number of rotatable bonds is 4. The first-order valence-corrected chi connectivity index (χ1v) is 7.82. The number of carbonyl (C=O) groups excluding carboxylic acids is 2. The van der Waals surface area contributed by atoms with Crippen molar-refractivity contribution in [1.29, 1.82) is 0 Å². The normalized spacial score (nSPS) is 13.2. The minimum atomic E-state index is -1.21. The molecular formula is C19H17NO4. The summed E-state index contributed by atoms with van der Waals surface area (Å²) in [5.41, 5.74) is 1.78. The van der Waals surface area contributed by atoms with E-state index in [1.54, 1.807) is 6.07 Å². The van der Waals surface area contributed by atoms with Gasteiger partial charge in [0.15, 0.2) is 5.78 Å². The second kappa shape index (κ2) is 6.66. The number of hydrogen-bond acceptors (Lipinski definition) is 3. The SMILES string of the molecule is O=C(O)c1ccc2c(c1C(=O)NCc1ccccc1)C(=O)CCC2. The molecule has 5 heteroatoms. The van der Waals surface area contributed by atoms with Crippen molar-refractivity contribution in [3.63, 3.8) is 0 Å². The predicted octanol–water partition coefficient (Wildman–Crippen LogP) is 2.83. The average Bonchev–Trinajstić information content (AvgIpc) is 2.59. The molecule has 0 heterocycles. The van der Waals surface area contributed by atoms with E-state index in [1.807, 2.05) is 30.3 Å². The van der Waals surface area contributed by atoms with Crippen LogP contribution in [0.2, 0.25) is 0 Å². The second-order valence-electron chi connectivity index (χ2n) is 5.77. The number of ketones is 1. The third-order valence-corrected chi connectivity index (χ3v) is 4.17. The average molecular weight is 323 g/mol. The quantitative estimate of drug-likeness (QED) is 0.906. The molecule has 0 saturated carbocycles. The molecule has 1 aliphatic carbocycles. The van der Waals surface area contributed by atoms with Crippen LogP contribution < -0.4 is 5.32 Å². The molecule has 0 radical (unpaired) electrons. The molecule has 5 nitrogen and oxygen atoms in total. The van der Waals surface area contributed by atoms with E-state index in [-0.39, 0.29) is 29.0 Å². The smallest absolute Gasteiger partial charge is 0.336 e. The summed E-state index contributed by atoms with van der Waals surface area (Å²) in [6, 6.07) is 12.4. The fourth-order valence-electron chi connectivity index (χ4n) is 3.02. The molecule has 0 atom stereocenters. The molecule has 1 aliphatic rings. The highest BCUT2D eigenvalue weighted by Gasteiger charge is 2.28. The van der Waals surface area contributed by atoms with Crippen LogP contribution in [0, 0.1) is 0 Å². The Labute approximate surface area is 139 Å². The van der Waals surface area contributed by atoms with Crippen molar-refractivity contribution in [2.24, 2.45) is 0 Å². The van der Waals surface area contributed by atoms with Crippen LogP contribution in [0.4, 0.5) is 0 Å². The molecule has 0 bridgehead atoms. The van der Waals surface area contributed by atoms with Gasteiger partial charge >= 0.3 is 5.97 Å². The minimum absolute atomic E-state index is 0.0133. The van der Waals surface area contributed by atoms with Gasteiger partial charge in [0.1, 0.15) is 0 Å². The number of carboxylic acids is 1. The van der Waals surface area contributed by atoms with Crippen LogP contribution in [-0.2, 0) is 13.0 Å². The molecule has 3 rings (SSSR count). The van der Waals surface area contributed by atoms with E-state index in [2.05, 4.69) is 5.32 Å². The van der Waals surface area contributed by atoms with Crippen molar-refractivity contribution in [2.45, 2.75) is 25.8 Å². The Morgan fingerprint density at radius 3 is 2.50 bits per heavy atom. The number of aromatic carboxylic acids is 1. The first-order valence-electron chi connectivity index (χ1n) is 7.82. The number of Topliss-reactive ketones (excluding diaryl/α,β-unsaturated/α-hetero) is 1. The molecular weight excluding hydrogens is 306 g/mol. The maximum Gasteiger partial charge on any atom is 0.336 e. The summed E-state index contributed by atoms with van der Waals surface area (Å²) in [7, 11) is 0. The molecule has 0 aliphatic heterocycles. The minimum Gasteiger partial charge on any atom is -0.478 e. The van der Waals surface area contributed by atoms with Crippen LogP contribution >= 0.6 is 0 Å². The Hall–Kier alpha value is -2.95. The maximum atomic E-state index is 12.6. The lowest BCUT2D eigenvalue weighted by atomic mass is 9.84. The number of nitrogens with one attached hydrogen (secondary N) is 1. The number of benzene rings is 2. The van der Waals surface area contributed by atoms with Gasteiger partial charge in [-0.3, -0.25) is 9.59 Å². The molecule has 24 heavy (non-hydrogen) atoms. The van der Waals surface area contributed by atoms with Gasteiger partial charge in [-0.15, -0.1) is 0 Å². The molecule has 2 N–H and O–H groups in total. The monoisotopic (exact) mass is 323 g/mol. The summed E-state index contributed by atoms with van der Waals surface area (Å²) < 4.78 is 0. The maximum absolute atomic E-state index is 12.6. The van der Waals surface area contributed by atoms with Crippen molar-refractivity contribution < 1.29 is 19.5 Å². The fourth-order valence-corrected chi connectivity index (χ4v) is 3.02. The van der Waals surface area contributed by atoms with Gasteiger partial charge in [0.05, 0.1) is 11.1 Å². The van der Waals surface area contributed by atoms with Crippen molar-refractivity contribution in [2.75, 3.05) is 0 Å². The van der Waals surface area contributed by atoms with Gasteiger partial charge in [0.2, 0.25) is 0 Å². The summed E-state index contributed by atoms with van der Waals surface area (Å²) >= 11 is 0. The van der Waals surface area contributed by atoms with Crippen LogP contribution in [0.25, 0.3) is 0 Å². The van der Waals surface area contributed by atoms with E-state index in [4.69, 9.17) is 0 Å². The summed E-state index contributed by atoms with van der Waals surface area (Å²) in [6.07, 6.45) is 1.75. The zero-order valence-corrected chi connectivity index (χ0v) is 13.0. The Kier molecular flexibility index (Phi) is 4.42. The van der Waals surface area contributed by atoms with Gasteiger partial charge in [-0.05, 0) is 30.0 Å². The van der Waals surface area contributed by atoms with E-state index in [0.717, 1.165) is 17.5 Å². The standard InChI is InChI=1S/C19H17NO4/c21-15-8-4-7-13-9-10-14(19(23)24)17(16(13)15)18(22)20-11-12-5-2-1-3-6-12/h1-3,5-6,9-10H,4,7-8,11H2,(H,20,22)(H,23,24). The summed E-state index contributed by atoms with van der Waals surface area (Å²) in [5, 5.41) is 12.1. The van der Waals surface area contributed by atoms with Gasteiger partial charge in [-0.2, -0.15) is 0 Å². The van der Waals surface area contributed by atoms with Crippen molar-refractivity contribution in [1.82, 2.24) is 5.32 Å². The lowest BCUT2D eigenvalue weighted by molar-refractivity contribution is 0.0690. The highest BCUT2D eigenvalue weighted by atomic mass is 16.4. The summed E-state index contributed by atoms with van der Waals surface area (Å²) in [5.74, 6) is -1.89. The molecule has 1 amide bonds. The number of hydrogen-bond donors (Lipinski definition) is 2. The van der Waals surface area contributed by atoms with Gasteiger partial charge in [-0.1, -0.05) is 36.4 Å². The van der Waals surface area contributed by atoms with Crippen LogP contribution in [0.15, 0.2) is 42.5 Å². The van der Waals surface area contributed by atoms with E-state index >= 15 is 0 Å². The van der Waals surface area contributed by atoms with Crippen molar-refractivity contribution in [3.05, 3.63) is 70.3 Å². The largest absolute Gasteiger partial charge is 0.478 e. The number of carbonyl (C=O) groups is 3. The van der Waals surface area contributed by atoms with Crippen molar-refractivity contribution in [3.8, 4) is 0 Å². The first-order chi connectivity index (χ1) is 11.6. The molecule has 0 saturated heterocycles. The van der Waals surface area contributed by atoms with Crippen LogP contribution in [0.1, 0.15) is 55.0 Å². The molecule has 2 aromatic carbocycles. The van der Waals surface area contributed by atoms with Crippen molar-refractivity contribution >= 4 is 17.7 Å². The van der Waals surface area contributed by atoms with Gasteiger partial charge in [-0.25, -0.2) is 4.79 Å². The second-order valence-corrected chi connectivity index (χ2v) is 5.77. The van der Waals surface area contributed by atoms with Crippen LogP contribution in [0.5, 0.6) is 0 Å². The Bertz CT molecular complexity index is 812. The topological polar surface area (TPSA) is 83.5 Å². The number of fused-ring (bicyclic) bond motifs is 1. The third kappa shape index (κ3) is 3.06. The van der Waals surface area contributed by atoms with Gasteiger partial charge < -0.3 is 10.4 Å². The lowest BCUT2D eigenvalue weighted by Gasteiger charge is -2.19. The van der Waals surface area contributed by atoms with E-state index in [1.165, 1.54) is 6.07 Å². The molecule has 0 spiro atoms. The Morgan fingerprint density at radius 1 is 1.04 bits per heavy atom. The highest BCUT2D eigenvalue weighted by Crippen LogP contribution is 2.27. The molecule has 2 aromatic rings. The number of aryl methyl sites for hydroxylation is 1. The first kappa shape index (κ1) is 15.9. The Morgan fingerprint density at radius 2 is 1.79 bits per heavy atom. The van der Waals surface area contributed by atoms with Crippen LogP contribution in [-0.4, -0.2) is 22.8 Å². The zero-order valence-electron chi connectivity index (χ0n) is 13.0.